The van der Waals surface area contributed by atoms with Crippen molar-refractivity contribution in [2.24, 2.45) is 5.10 Å². The van der Waals surface area contributed by atoms with Crippen LogP contribution < -0.4 is 5.43 Å². The van der Waals surface area contributed by atoms with E-state index in [4.69, 9.17) is 11.6 Å². The lowest BCUT2D eigenvalue weighted by atomic mass is 10.0. The summed E-state index contributed by atoms with van der Waals surface area (Å²) in [7, 11) is 0. The standard InChI is InChI=1S/C13H10ClFN2S/c14-9-5-3-8(4-6-9)12-11(15)13(17-16-12)10-2-1-7-18-10/h1-7,11-12,16H. The molecule has 0 saturated carbocycles. The molecule has 0 spiro atoms. The molecule has 18 heavy (non-hydrogen) atoms. The summed E-state index contributed by atoms with van der Waals surface area (Å²) in [5, 5.41) is 6.67. The monoisotopic (exact) mass is 280 g/mol. The maximum absolute atomic E-state index is 14.4. The van der Waals surface area contributed by atoms with Crippen LogP contribution in [0.4, 0.5) is 4.39 Å². The van der Waals surface area contributed by atoms with E-state index in [1.54, 1.807) is 12.1 Å². The number of hydrazone groups is 1. The fourth-order valence-corrected chi connectivity index (χ4v) is 2.82. The van der Waals surface area contributed by atoms with E-state index in [1.807, 2.05) is 29.6 Å². The predicted octanol–water partition coefficient (Wildman–Crippen LogP) is 3.79. The third-order valence-corrected chi connectivity index (χ3v) is 4.03. The molecule has 0 aliphatic carbocycles. The average Bonchev–Trinajstić information content (AvgIpc) is 2.99. The number of halogens is 2. The van der Waals surface area contributed by atoms with E-state index in [-0.39, 0.29) is 0 Å². The predicted molar refractivity (Wildman–Crippen MR) is 73.1 cm³/mol. The lowest BCUT2D eigenvalue weighted by Gasteiger charge is -2.13. The summed E-state index contributed by atoms with van der Waals surface area (Å²) < 4.78 is 14.4. The summed E-state index contributed by atoms with van der Waals surface area (Å²) in [6, 6.07) is 10.5. The third-order valence-electron chi connectivity index (χ3n) is 2.88. The van der Waals surface area contributed by atoms with E-state index in [0.29, 0.717) is 10.7 Å². The SMILES string of the molecule is FC1C(c2cccs2)=NNC1c1ccc(Cl)cc1. The van der Waals surface area contributed by atoms with Crippen LogP contribution >= 0.6 is 22.9 Å². The van der Waals surface area contributed by atoms with Gasteiger partial charge in [0, 0.05) is 5.02 Å². The van der Waals surface area contributed by atoms with Crippen molar-refractivity contribution >= 4 is 28.6 Å². The van der Waals surface area contributed by atoms with Gasteiger partial charge in [-0.1, -0.05) is 29.8 Å². The van der Waals surface area contributed by atoms with E-state index in [9.17, 15) is 4.39 Å². The van der Waals surface area contributed by atoms with Crippen LogP contribution in [0.5, 0.6) is 0 Å². The Labute approximate surface area is 113 Å². The van der Waals surface area contributed by atoms with Crippen LogP contribution in [0.1, 0.15) is 16.5 Å². The Morgan fingerprint density at radius 1 is 1.22 bits per heavy atom. The second-order valence-corrected chi connectivity index (χ2v) is 5.42. The van der Waals surface area contributed by atoms with Crippen LogP contribution in [0.3, 0.4) is 0 Å². The molecule has 1 aromatic heterocycles. The highest BCUT2D eigenvalue weighted by atomic mass is 35.5. The summed E-state index contributed by atoms with van der Waals surface area (Å²) in [5.74, 6) is 0. The fourth-order valence-electron chi connectivity index (χ4n) is 1.95. The molecule has 0 fully saturated rings. The number of nitrogens with one attached hydrogen (secondary N) is 1. The van der Waals surface area contributed by atoms with Gasteiger partial charge in [-0.15, -0.1) is 11.3 Å². The molecular weight excluding hydrogens is 271 g/mol. The Morgan fingerprint density at radius 2 is 2.00 bits per heavy atom. The molecule has 1 N–H and O–H groups in total. The van der Waals surface area contributed by atoms with Crippen LogP contribution in [0.15, 0.2) is 46.9 Å². The number of thiophene rings is 1. The van der Waals surface area contributed by atoms with Crippen molar-refractivity contribution in [1.29, 1.82) is 0 Å². The molecule has 0 saturated heterocycles. The van der Waals surface area contributed by atoms with Gasteiger partial charge in [0.05, 0.1) is 4.88 Å². The van der Waals surface area contributed by atoms with Gasteiger partial charge in [-0.3, -0.25) is 5.43 Å². The van der Waals surface area contributed by atoms with E-state index in [1.165, 1.54) is 11.3 Å². The summed E-state index contributed by atoms with van der Waals surface area (Å²) >= 11 is 7.32. The van der Waals surface area contributed by atoms with Gasteiger partial charge in [0.1, 0.15) is 11.8 Å². The van der Waals surface area contributed by atoms with Gasteiger partial charge >= 0.3 is 0 Å². The number of hydrogen-bond donors (Lipinski definition) is 1. The maximum Gasteiger partial charge on any atom is 0.171 e. The van der Waals surface area contributed by atoms with E-state index in [2.05, 4.69) is 10.5 Å². The van der Waals surface area contributed by atoms with Gasteiger partial charge in [-0.05, 0) is 29.1 Å². The van der Waals surface area contributed by atoms with Crippen molar-refractivity contribution in [2.45, 2.75) is 12.2 Å². The lowest BCUT2D eigenvalue weighted by Crippen LogP contribution is -2.22. The molecule has 3 rings (SSSR count). The number of nitrogens with zero attached hydrogens (tertiary/aromatic N) is 1. The molecule has 2 aromatic rings. The summed E-state index contributed by atoms with van der Waals surface area (Å²) in [5.41, 5.74) is 4.18. The lowest BCUT2D eigenvalue weighted by molar-refractivity contribution is 0.353. The molecule has 2 atom stereocenters. The quantitative estimate of drug-likeness (QED) is 0.889. The molecule has 2 nitrogen and oxygen atoms in total. The van der Waals surface area contributed by atoms with Crippen molar-refractivity contribution in [3.05, 3.63) is 57.2 Å². The number of rotatable bonds is 2. The number of benzene rings is 1. The topological polar surface area (TPSA) is 24.4 Å². The van der Waals surface area contributed by atoms with Gasteiger partial charge in [-0.25, -0.2) is 4.39 Å². The van der Waals surface area contributed by atoms with E-state index >= 15 is 0 Å². The van der Waals surface area contributed by atoms with Crippen LogP contribution in [0, 0.1) is 0 Å². The summed E-state index contributed by atoms with van der Waals surface area (Å²) in [6.45, 7) is 0. The Bertz CT molecular complexity index is 565. The highest BCUT2D eigenvalue weighted by Gasteiger charge is 2.34. The summed E-state index contributed by atoms with van der Waals surface area (Å²) in [4.78, 5) is 0.867. The zero-order chi connectivity index (χ0) is 12.5. The second-order valence-electron chi connectivity index (χ2n) is 4.03. The average molecular weight is 281 g/mol. The molecule has 2 unspecified atom stereocenters. The molecule has 0 radical (unpaired) electrons. The Kier molecular flexibility index (Phi) is 3.06. The Balaban J connectivity index is 1.85. The smallest absolute Gasteiger partial charge is 0.171 e. The Hall–Kier alpha value is -1.39. The zero-order valence-corrected chi connectivity index (χ0v) is 10.9. The molecule has 1 aromatic carbocycles. The molecule has 0 bridgehead atoms. The first-order valence-electron chi connectivity index (χ1n) is 5.52. The van der Waals surface area contributed by atoms with Gasteiger partial charge in [0.15, 0.2) is 6.17 Å². The van der Waals surface area contributed by atoms with Gasteiger partial charge in [0.2, 0.25) is 0 Å². The second kappa shape index (κ2) is 4.71. The molecule has 1 aliphatic heterocycles. The molecule has 2 heterocycles. The first-order valence-corrected chi connectivity index (χ1v) is 6.78. The van der Waals surface area contributed by atoms with Crippen molar-refractivity contribution in [2.75, 3.05) is 0 Å². The van der Waals surface area contributed by atoms with Crippen LogP contribution in [-0.2, 0) is 0 Å². The number of alkyl halides is 1. The zero-order valence-electron chi connectivity index (χ0n) is 9.31. The van der Waals surface area contributed by atoms with Gasteiger partial charge in [-0.2, -0.15) is 5.10 Å². The summed E-state index contributed by atoms with van der Waals surface area (Å²) in [6.07, 6.45) is -1.13. The largest absolute Gasteiger partial charge is 0.299 e. The number of hydrogen-bond acceptors (Lipinski definition) is 3. The minimum atomic E-state index is -1.13. The minimum Gasteiger partial charge on any atom is -0.299 e. The molecule has 92 valence electrons. The first kappa shape index (κ1) is 11.7. The first-order chi connectivity index (χ1) is 8.75. The Morgan fingerprint density at radius 3 is 2.67 bits per heavy atom. The molecule has 1 aliphatic rings. The van der Waals surface area contributed by atoms with Crippen LogP contribution in [0.25, 0.3) is 0 Å². The highest BCUT2D eigenvalue weighted by molar-refractivity contribution is 7.12. The minimum absolute atomic E-state index is 0.431. The maximum atomic E-state index is 14.4. The van der Waals surface area contributed by atoms with Crippen molar-refractivity contribution < 1.29 is 4.39 Å². The fraction of sp³-hybridized carbons (Fsp3) is 0.154. The molecule has 0 amide bonds. The van der Waals surface area contributed by atoms with E-state index in [0.717, 1.165) is 10.4 Å². The normalized spacial score (nSPS) is 22.7. The van der Waals surface area contributed by atoms with Crippen molar-refractivity contribution in [3.63, 3.8) is 0 Å². The molecule has 5 heteroatoms. The van der Waals surface area contributed by atoms with Crippen molar-refractivity contribution in [3.8, 4) is 0 Å². The molecular formula is C13H10ClFN2S. The van der Waals surface area contributed by atoms with E-state index < -0.39 is 12.2 Å². The van der Waals surface area contributed by atoms with Gasteiger partial charge in [0.25, 0.3) is 0 Å². The van der Waals surface area contributed by atoms with Crippen LogP contribution in [0.2, 0.25) is 5.02 Å². The highest BCUT2D eigenvalue weighted by Crippen LogP contribution is 2.29. The van der Waals surface area contributed by atoms with Crippen LogP contribution in [-0.4, -0.2) is 11.9 Å². The van der Waals surface area contributed by atoms with Gasteiger partial charge < -0.3 is 0 Å². The van der Waals surface area contributed by atoms with Crippen molar-refractivity contribution in [1.82, 2.24) is 5.43 Å². The third kappa shape index (κ3) is 2.02.